The zero-order valence-corrected chi connectivity index (χ0v) is 29.3. The quantitative estimate of drug-likeness (QED) is 0.125. The fraction of sp³-hybridized carbons (Fsp3) is 0.833. The molecule has 0 unspecified atom stereocenters. The number of hydrazine groups is 2. The van der Waals surface area contributed by atoms with E-state index in [1.54, 1.807) is 0 Å². The van der Waals surface area contributed by atoms with Crippen LogP contribution in [0.4, 0.5) is 0 Å². The van der Waals surface area contributed by atoms with Gasteiger partial charge in [0.1, 0.15) is 5.78 Å². The number of carbonyl (C=O) groups is 1. The van der Waals surface area contributed by atoms with Crippen LogP contribution in [-0.2, 0) is 4.83 Å². The number of nitrogens with zero attached hydrogens (tertiary/aromatic N) is 7. The SMILES string of the molecule is CN1CCC(=NN)CC1.CN1CCC(=NN=C2CCN(C)CC2)CC1.CN1CCC(=O)CC1.NN.NN.[O]=[Ba]. The van der Waals surface area contributed by atoms with E-state index in [-0.39, 0.29) is 46.7 Å². The Hall–Kier alpha value is -0.469. The Bertz CT molecular complexity index is 653. The third-order valence-corrected chi connectivity index (χ3v) is 6.75. The number of Topliss-reactive ketones (excluding diaryl/α,β-unsaturated/α-hetero) is 1. The number of likely N-dealkylation sites (tertiary alicyclic amines) is 4. The van der Waals surface area contributed by atoms with Crippen LogP contribution in [0.5, 0.6) is 0 Å². The molecule has 0 saturated carbocycles. The van der Waals surface area contributed by atoms with Crippen LogP contribution in [0.25, 0.3) is 0 Å². The zero-order chi connectivity index (χ0) is 30.1. The number of hydrazone groups is 1. The first kappa shape index (κ1) is 40.7. The van der Waals surface area contributed by atoms with E-state index in [1.807, 2.05) is 7.05 Å². The Balaban J connectivity index is 0. The molecule has 4 aliphatic heterocycles. The minimum atomic E-state index is -0.222. The Labute approximate surface area is 268 Å². The van der Waals surface area contributed by atoms with Crippen LogP contribution >= 0.6 is 0 Å². The van der Waals surface area contributed by atoms with Gasteiger partial charge in [0.05, 0.1) is 0 Å². The topological polar surface area (TPSA) is 214 Å². The van der Waals surface area contributed by atoms with Crippen molar-refractivity contribution in [2.45, 2.75) is 51.4 Å². The molecule has 4 saturated heterocycles. The summed E-state index contributed by atoms with van der Waals surface area (Å²) in [5, 5.41) is 12.5. The normalized spacial score (nSPS) is 20.6. The standard InChI is InChI=1S/C12H22N4.C6H13N3.C6H11NO.Ba.2H4N2.O/c1-15-7-3-11(4-8-15)13-14-12-5-9-16(2)10-6-12;1-9-4-2-6(8-7)3-5-9;1-7-4-2-6(8)3-5-7;;2*1-2;/h3-10H2,1-2H3;2-5,7H2,1H3;2-5H2,1H3;;2*1-2H2;. The van der Waals surface area contributed by atoms with Crippen LogP contribution in [-0.4, -0.2) is 170 Å². The Morgan fingerprint density at radius 3 is 0.974 bits per heavy atom. The summed E-state index contributed by atoms with van der Waals surface area (Å²) in [4.78, 5) is 19.7. The molecule has 0 radical (unpaired) electrons. The zero-order valence-electron chi connectivity index (χ0n) is 24.9. The second kappa shape index (κ2) is 27.7. The molecule has 4 fully saturated rings. The Morgan fingerprint density at radius 2 is 0.744 bits per heavy atom. The first-order valence-electron chi connectivity index (χ1n) is 13.4. The third kappa shape index (κ3) is 21.9. The average Bonchev–Trinajstić information content (AvgIpc) is 2.99. The summed E-state index contributed by atoms with van der Waals surface area (Å²) in [5.41, 5.74) is 3.72. The summed E-state index contributed by atoms with van der Waals surface area (Å²) in [6.07, 6.45) is 7.98. The van der Waals surface area contributed by atoms with Crippen molar-refractivity contribution in [2.75, 3.05) is 80.5 Å². The van der Waals surface area contributed by atoms with Crippen LogP contribution in [0.2, 0.25) is 0 Å². The number of rotatable bonds is 1. The van der Waals surface area contributed by atoms with Crippen molar-refractivity contribution < 1.29 is 4.83 Å². The molecule has 39 heavy (non-hydrogen) atoms. The van der Waals surface area contributed by atoms with Crippen molar-refractivity contribution in [3.05, 3.63) is 0 Å². The first-order valence-corrected chi connectivity index (χ1v) is 15.2. The van der Waals surface area contributed by atoms with Crippen LogP contribution < -0.4 is 29.2 Å². The van der Waals surface area contributed by atoms with Gasteiger partial charge in [-0.3, -0.25) is 28.2 Å². The Kier molecular flexibility index (Phi) is 28.9. The molecule has 4 aliphatic rings. The van der Waals surface area contributed by atoms with Gasteiger partial charge in [-0.1, -0.05) is 0 Å². The van der Waals surface area contributed by atoms with Gasteiger partial charge in [0.2, 0.25) is 0 Å². The number of piperidine rings is 4. The molecule has 0 amide bonds. The monoisotopic (exact) mass is 680 g/mol. The number of carbonyl (C=O) groups excluding carboxylic acids is 1. The van der Waals surface area contributed by atoms with E-state index >= 15 is 0 Å². The summed E-state index contributed by atoms with van der Waals surface area (Å²) >= 11 is -0.222. The molecule has 14 nitrogen and oxygen atoms in total. The van der Waals surface area contributed by atoms with Crippen LogP contribution in [0, 0.1) is 0 Å². The van der Waals surface area contributed by atoms with Gasteiger partial charge >= 0.3 is 46.8 Å². The molecule has 0 aromatic carbocycles. The summed E-state index contributed by atoms with van der Waals surface area (Å²) in [5.74, 6) is 21.5. The van der Waals surface area contributed by atoms with Crippen LogP contribution in [0.3, 0.4) is 0 Å². The number of nitrogens with two attached hydrogens (primary N) is 5. The molecule has 0 aliphatic carbocycles. The summed E-state index contributed by atoms with van der Waals surface area (Å²) < 4.78 is 8.44. The van der Waals surface area contributed by atoms with Gasteiger partial charge in [0.15, 0.2) is 0 Å². The van der Waals surface area contributed by atoms with Gasteiger partial charge in [0.25, 0.3) is 0 Å². The molecular weight excluding hydrogens is 626 g/mol. The second-order valence-electron chi connectivity index (χ2n) is 9.78. The average molecular weight is 680 g/mol. The molecule has 10 N–H and O–H groups in total. The molecule has 15 heteroatoms. The van der Waals surface area contributed by atoms with Crippen molar-refractivity contribution in [3.8, 4) is 0 Å². The van der Waals surface area contributed by atoms with E-state index in [0.717, 1.165) is 109 Å². The van der Waals surface area contributed by atoms with E-state index in [4.69, 9.17) is 5.88 Å². The van der Waals surface area contributed by atoms with Crippen LogP contribution in [0.15, 0.2) is 15.3 Å². The molecule has 4 rings (SSSR count). The molecule has 0 aromatic heterocycles. The van der Waals surface area contributed by atoms with Crippen molar-refractivity contribution >= 4 is 69.6 Å². The van der Waals surface area contributed by atoms with Crippen molar-refractivity contribution in [2.24, 2.45) is 44.5 Å². The van der Waals surface area contributed by atoms with E-state index in [2.05, 4.69) is 79.4 Å². The van der Waals surface area contributed by atoms with Gasteiger partial charge in [-0.15, -0.1) is 0 Å². The summed E-state index contributed by atoms with van der Waals surface area (Å²) in [7, 11) is 8.50. The molecular formula is C24H54BaN12O2. The van der Waals surface area contributed by atoms with Gasteiger partial charge in [-0.25, -0.2) is 0 Å². The predicted octanol–water partition coefficient (Wildman–Crippen LogP) is -1.32. The van der Waals surface area contributed by atoms with E-state index < -0.39 is 0 Å². The molecule has 224 valence electrons. The van der Waals surface area contributed by atoms with E-state index in [1.165, 1.54) is 11.4 Å². The third-order valence-electron chi connectivity index (χ3n) is 6.75. The second-order valence-corrected chi connectivity index (χ2v) is 9.78. The first-order chi connectivity index (χ1) is 18.9. The predicted molar refractivity (Wildman–Crippen MR) is 162 cm³/mol. The van der Waals surface area contributed by atoms with Crippen molar-refractivity contribution in [1.29, 1.82) is 0 Å². The van der Waals surface area contributed by atoms with E-state index in [9.17, 15) is 4.79 Å². The maximum absolute atomic E-state index is 10.6. The number of hydrogen-bond acceptors (Lipinski definition) is 14. The molecule has 0 bridgehead atoms. The Morgan fingerprint density at radius 1 is 0.513 bits per heavy atom. The molecule has 0 aromatic rings. The minimum absolute atomic E-state index is 0.222. The summed E-state index contributed by atoms with van der Waals surface area (Å²) in [6.45, 7) is 8.65. The fourth-order valence-electron chi connectivity index (χ4n) is 3.97. The van der Waals surface area contributed by atoms with Gasteiger partial charge in [-0.2, -0.15) is 15.3 Å². The van der Waals surface area contributed by atoms with Gasteiger partial charge in [-0.05, 0) is 28.2 Å². The van der Waals surface area contributed by atoms with Crippen molar-refractivity contribution in [3.63, 3.8) is 0 Å². The molecule has 0 atom stereocenters. The summed E-state index contributed by atoms with van der Waals surface area (Å²) in [6, 6.07) is 0. The molecule has 0 spiro atoms. The fourth-order valence-corrected chi connectivity index (χ4v) is 3.97. The number of ketones is 1. The van der Waals surface area contributed by atoms with Crippen molar-refractivity contribution in [1.82, 2.24) is 19.6 Å². The van der Waals surface area contributed by atoms with Gasteiger partial charge in [0, 0.05) is 121 Å². The molecule has 4 heterocycles. The van der Waals surface area contributed by atoms with Crippen LogP contribution in [0.1, 0.15) is 51.4 Å². The maximum atomic E-state index is 10.6. The number of hydrogen-bond donors (Lipinski definition) is 5. The van der Waals surface area contributed by atoms with E-state index in [0.29, 0.717) is 5.78 Å². The van der Waals surface area contributed by atoms with Gasteiger partial charge < -0.3 is 25.4 Å².